The van der Waals surface area contributed by atoms with E-state index in [4.69, 9.17) is 0 Å². The van der Waals surface area contributed by atoms with E-state index in [0.29, 0.717) is 23.4 Å². The maximum Gasteiger partial charge on any atom is 0.264 e. The first-order valence-corrected chi connectivity index (χ1v) is 10.5. The summed E-state index contributed by atoms with van der Waals surface area (Å²) < 4.78 is 25.8. The summed E-state index contributed by atoms with van der Waals surface area (Å²) in [7, 11) is -3.86. The van der Waals surface area contributed by atoms with Crippen LogP contribution < -0.4 is 10.0 Å². The highest BCUT2D eigenvalue weighted by molar-refractivity contribution is 7.90. The Kier molecular flexibility index (Phi) is 6.44. The molecule has 0 aromatic heterocycles. The lowest BCUT2D eigenvalue weighted by Crippen LogP contribution is -2.36. The Hall–Kier alpha value is -1.89. The van der Waals surface area contributed by atoms with E-state index in [9.17, 15) is 18.0 Å². The first kappa shape index (κ1) is 20.4. The van der Waals surface area contributed by atoms with Gasteiger partial charge < -0.3 is 5.32 Å². The minimum atomic E-state index is -3.86. The summed E-state index contributed by atoms with van der Waals surface area (Å²) in [5.74, 6) is 0.669. The Morgan fingerprint density at radius 3 is 2.27 bits per heavy atom. The van der Waals surface area contributed by atoms with Crippen molar-refractivity contribution < 1.29 is 18.0 Å². The molecule has 0 bridgehead atoms. The standard InChI is InChI=1S/C19H28N2O4S/c1-12(2)17-10-5-13(3)11-18(17)19(23)20-15-6-8-16(9-7-15)26(24,25)21-14(4)22/h6-9,12-13,17-18H,5,10-11H2,1-4H3,(H,20,23)(H,21,22)/t13-,17-,18+/m0/s1. The topological polar surface area (TPSA) is 92.3 Å². The fraction of sp³-hybridized carbons (Fsp3) is 0.579. The van der Waals surface area contributed by atoms with Gasteiger partial charge in [-0.3, -0.25) is 9.59 Å². The fourth-order valence-electron chi connectivity index (χ4n) is 3.70. The molecule has 6 nitrogen and oxygen atoms in total. The minimum absolute atomic E-state index is 0.00674. The van der Waals surface area contributed by atoms with E-state index < -0.39 is 15.9 Å². The van der Waals surface area contributed by atoms with E-state index in [1.807, 2.05) is 4.72 Å². The van der Waals surface area contributed by atoms with E-state index in [-0.39, 0.29) is 16.7 Å². The Balaban J connectivity index is 2.10. The number of benzene rings is 1. The van der Waals surface area contributed by atoms with Gasteiger partial charge in [0, 0.05) is 18.5 Å². The smallest absolute Gasteiger partial charge is 0.264 e. The number of nitrogens with one attached hydrogen (secondary N) is 2. The lowest BCUT2D eigenvalue weighted by atomic mass is 9.70. The van der Waals surface area contributed by atoms with Crippen molar-refractivity contribution in [2.75, 3.05) is 5.32 Å². The van der Waals surface area contributed by atoms with Crippen molar-refractivity contribution in [2.45, 2.75) is 51.9 Å². The Morgan fingerprint density at radius 2 is 1.73 bits per heavy atom. The van der Waals surface area contributed by atoms with Crippen molar-refractivity contribution in [3.63, 3.8) is 0 Å². The van der Waals surface area contributed by atoms with Crippen LogP contribution in [0.3, 0.4) is 0 Å². The van der Waals surface area contributed by atoms with Crippen molar-refractivity contribution in [2.24, 2.45) is 23.7 Å². The van der Waals surface area contributed by atoms with Gasteiger partial charge in [-0.15, -0.1) is 0 Å². The van der Waals surface area contributed by atoms with E-state index in [0.717, 1.165) is 26.2 Å². The molecule has 1 aliphatic carbocycles. The second-order valence-electron chi connectivity index (χ2n) is 7.61. The highest BCUT2D eigenvalue weighted by Gasteiger charge is 2.35. The maximum absolute atomic E-state index is 12.8. The zero-order valence-corrected chi connectivity index (χ0v) is 16.6. The van der Waals surface area contributed by atoms with E-state index in [1.54, 1.807) is 12.1 Å². The van der Waals surface area contributed by atoms with Gasteiger partial charge in [-0.25, -0.2) is 13.1 Å². The number of carbonyl (C=O) groups is 2. The lowest BCUT2D eigenvalue weighted by molar-refractivity contribution is -0.124. The zero-order chi connectivity index (χ0) is 19.5. The molecule has 3 atom stereocenters. The molecule has 1 fully saturated rings. The van der Waals surface area contributed by atoms with Crippen LogP contribution in [0, 0.1) is 23.7 Å². The van der Waals surface area contributed by atoms with Gasteiger partial charge in [0.25, 0.3) is 10.0 Å². The van der Waals surface area contributed by atoms with Gasteiger partial charge in [0.15, 0.2) is 0 Å². The van der Waals surface area contributed by atoms with Crippen LogP contribution in [0.25, 0.3) is 0 Å². The molecule has 26 heavy (non-hydrogen) atoms. The van der Waals surface area contributed by atoms with Gasteiger partial charge >= 0.3 is 0 Å². The van der Waals surface area contributed by atoms with Crippen LogP contribution >= 0.6 is 0 Å². The van der Waals surface area contributed by atoms with Gasteiger partial charge in [0.05, 0.1) is 4.90 Å². The van der Waals surface area contributed by atoms with Gasteiger partial charge in [-0.1, -0.05) is 27.2 Å². The molecule has 2 amide bonds. The number of sulfonamides is 1. The molecule has 1 saturated carbocycles. The summed E-state index contributed by atoms with van der Waals surface area (Å²) >= 11 is 0. The van der Waals surface area contributed by atoms with E-state index in [1.165, 1.54) is 12.1 Å². The Morgan fingerprint density at radius 1 is 1.12 bits per heavy atom. The normalized spacial score (nSPS) is 23.5. The van der Waals surface area contributed by atoms with E-state index in [2.05, 4.69) is 26.1 Å². The van der Waals surface area contributed by atoms with Crippen LogP contribution in [0.5, 0.6) is 0 Å². The Bertz CT molecular complexity index is 756. The average molecular weight is 381 g/mol. The molecule has 1 aliphatic rings. The second-order valence-corrected chi connectivity index (χ2v) is 9.29. The fourth-order valence-corrected chi connectivity index (χ4v) is 4.69. The molecule has 0 heterocycles. The molecule has 7 heteroatoms. The van der Waals surface area contributed by atoms with Crippen molar-refractivity contribution in [1.82, 2.24) is 4.72 Å². The van der Waals surface area contributed by atoms with Crippen LogP contribution in [0.2, 0.25) is 0 Å². The first-order valence-electron chi connectivity index (χ1n) is 9.04. The average Bonchev–Trinajstić information content (AvgIpc) is 2.53. The third kappa shape index (κ3) is 5.06. The number of anilines is 1. The predicted octanol–water partition coefficient (Wildman–Crippen LogP) is 3.16. The summed E-state index contributed by atoms with van der Waals surface area (Å²) in [6.45, 7) is 7.63. The number of rotatable bonds is 5. The number of amides is 2. The van der Waals surface area contributed by atoms with Crippen LogP contribution in [0.1, 0.15) is 47.0 Å². The summed E-state index contributed by atoms with van der Waals surface area (Å²) in [4.78, 5) is 23.7. The summed E-state index contributed by atoms with van der Waals surface area (Å²) in [5, 5.41) is 2.92. The van der Waals surface area contributed by atoms with Crippen LogP contribution in [-0.2, 0) is 19.6 Å². The maximum atomic E-state index is 12.8. The first-order chi connectivity index (χ1) is 12.1. The number of hydrogen-bond donors (Lipinski definition) is 2. The van der Waals surface area contributed by atoms with Gasteiger partial charge in [-0.2, -0.15) is 0 Å². The molecule has 1 aromatic carbocycles. The molecule has 144 valence electrons. The summed E-state index contributed by atoms with van der Waals surface area (Å²) in [5.41, 5.74) is 0.553. The van der Waals surface area contributed by atoms with Crippen LogP contribution in [0.15, 0.2) is 29.2 Å². The quantitative estimate of drug-likeness (QED) is 0.821. The number of carbonyl (C=O) groups excluding carboxylic acids is 2. The van der Waals surface area contributed by atoms with Gasteiger partial charge in [-0.05, 0) is 54.9 Å². The minimum Gasteiger partial charge on any atom is -0.326 e. The molecule has 0 radical (unpaired) electrons. The lowest BCUT2D eigenvalue weighted by Gasteiger charge is -2.36. The summed E-state index contributed by atoms with van der Waals surface area (Å²) in [6, 6.07) is 5.85. The molecule has 2 rings (SSSR count). The zero-order valence-electron chi connectivity index (χ0n) is 15.8. The van der Waals surface area contributed by atoms with Crippen molar-refractivity contribution >= 4 is 27.5 Å². The SMILES string of the molecule is CC(=O)NS(=O)(=O)c1ccc(NC(=O)[C@@H]2C[C@@H](C)CC[C@H]2C(C)C)cc1. The van der Waals surface area contributed by atoms with Gasteiger partial charge in [0.2, 0.25) is 11.8 Å². The predicted molar refractivity (Wildman–Crippen MR) is 101 cm³/mol. The second kappa shape index (κ2) is 8.20. The molecule has 1 aromatic rings. The third-order valence-electron chi connectivity index (χ3n) is 5.07. The molecule has 0 spiro atoms. The largest absolute Gasteiger partial charge is 0.326 e. The molecule has 0 unspecified atom stereocenters. The molecular weight excluding hydrogens is 352 g/mol. The van der Waals surface area contributed by atoms with Gasteiger partial charge in [0.1, 0.15) is 0 Å². The molecule has 2 N–H and O–H groups in total. The molecule has 0 aliphatic heterocycles. The molecule has 0 saturated heterocycles. The third-order valence-corrected chi connectivity index (χ3v) is 6.52. The van der Waals surface area contributed by atoms with E-state index >= 15 is 0 Å². The summed E-state index contributed by atoms with van der Waals surface area (Å²) in [6.07, 6.45) is 3.09. The highest BCUT2D eigenvalue weighted by Crippen LogP contribution is 2.38. The Labute approximate surface area is 155 Å². The highest BCUT2D eigenvalue weighted by atomic mass is 32.2. The van der Waals surface area contributed by atoms with Crippen molar-refractivity contribution in [3.05, 3.63) is 24.3 Å². The van der Waals surface area contributed by atoms with Crippen LogP contribution in [-0.4, -0.2) is 20.2 Å². The molecular formula is C19H28N2O4S. The number of hydrogen-bond acceptors (Lipinski definition) is 4. The van der Waals surface area contributed by atoms with Crippen molar-refractivity contribution in [1.29, 1.82) is 0 Å². The van der Waals surface area contributed by atoms with Crippen molar-refractivity contribution in [3.8, 4) is 0 Å². The monoisotopic (exact) mass is 380 g/mol. The van der Waals surface area contributed by atoms with Crippen LogP contribution in [0.4, 0.5) is 5.69 Å².